The Labute approximate surface area is 149 Å². The van der Waals surface area contributed by atoms with E-state index in [-0.39, 0.29) is 5.56 Å². The number of hydrogen-bond acceptors (Lipinski definition) is 4. The van der Waals surface area contributed by atoms with Crippen LogP contribution in [-0.2, 0) is 6.42 Å². The van der Waals surface area contributed by atoms with Crippen LogP contribution >= 0.6 is 0 Å². The highest BCUT2D eigenvalue weighted by molar-refractivity contribution is 6.00. The van der Waals surface area contributed by atoms with E-state index in [1.54, 1.807) is 24.3 Å². The van der Waals surface area contributed by atoms with Gasteiger partial charge < -0.3 is 15.4 Å². The molecule has 26 heavy (non-hydrogen) atoms. The van der Waals surface area contributed by atoms with Crippen LogP contribution in [0.3, 0.4) is 0 Å². The molecule has 0 spiro atoms. The summed E-state index contributed by atoms with van der Waals surface area (Å²) in [6.45, 7) is 3.66. The number of aromatic nitrogens is 1. The third-order valence-electron chi connectivity index (χ3n) is 4.85. The molecule has 1 amide bonds. The highest BCUT2D eigenvalue weighted by Gasteiger charge is 2.26. The van der Waals surface area contributed by atoms with E-state index in [0.717, 1.165) is 39.1 Å². The molecule has 1 aromatic heterocycles. The molecule has 0 aliphatic heterocycles. The van der Waals surface area contributed by atoms with E-state index in [2.05, 4.69) is 5.16 Å². The fraction of sp³-hybridized carbons (Fsp3) is 0.150. The van der Waals surface area contributed by atoms with Gasteiger partial charge in [0.2, 0.25) is 5.91 Å². The van der Waals surface area contributed by atoms with Crippen LogP contribution < -0.4 is 5.73 Å². The van der Waals surface area contributed by atoms with Crippen molar-refractivity contribution in [2.45, 2.75) is 20.3 Å². The monoisotopic (exact) mass is 348 g/mol. The normalized spacial score (nSPS) is 11.9. The molecule has 0 saturated carbocycles. The van der Waals surface area contributed by atoms with E-state index in [1.165, 1.54) is 0 Å². The molecule has 6 nitrogen and oxygen atoms in total. The Morgan fingerprint density at radius 3 is 2.54 bits per heavy atom. The van der Waals surface area contributed by atoms with Crippen LogP contribution in [0.5, 0.6) is 0 Å². The van der Waals surface area contributed by atoms with Gasteiger partial charge in [-0.25, -0.2) is 4.79 Å². The van der Waals surface area contributed by atoms with E-state index in [0.29, 0.717) is 17.7 Å². The molecule has 0 bridgehead atoms. The Hall–Kier alpha value is -3.41. The maximum Gasteiger partial charge on any atom is 0.335 e. The minimum absolute atomic E-state index is 0.225. The Balaban J connectivity index is 1.97. The van der Waals surface area contributed by atoms with Crippen molar-refractivity contribution in [3.05, 3.63) is 64.0 Å². The number of aryl methyl sites for hydroxylation is 2. The average Bonchev–Trinajstić information content (AvgIpc) is 3.12. The lowest BCUT2D eigenvalue weighted by Crippen LogP contribution is -2.14. The molecule has 1 aliphatic rings. The van der Waals surface area contributed by atoms with Gasteiger partial charge in [-0.3, -0.25) is 4.79 Å². The van der Waals surface area contributed by atoms with Gasteiger partial charge in [0.15, 0.2) is 0 Å². The molecule has 2 aromatic carbocycles. The third-order valence-corrected chi connectivity index (χ3v) is 4.85. The third kappa shape index (κ3) is 2.30. The number of primary amides is 1. The summed E-state index contributed by atoms with van der Waals surface area (Å²) in [6.07, 6.45) is 0.478. The largest absolute Gasteiger partial charge is 0.478 e. The van der Waals surface area contributed by atoms with Gasteiger partial charge in [-0.15, -0.1) is 0 Å². The zero-order valence-corrected chi connectivity index (χ0v) is 14.3. The first-order valence-electron chi connectivity index (χ1n) is 8.13. The molecule has 0 saturated heterocycles. The first-order chi connectivity index (χ1) is 12.4. The number of hydrogen-bond donors (Lipinski definition) is 2. The van der Waals surface area contributed by atoms with Crippen LogP contribution in [0, 0.1) is 13.8 Å². The number of benzene rings is 2. The van der Waals surface area contributed by atoms with Crippen LogP contribution in [0.4, 0.5) is 0 Å². The van der Waals surface area contributed by atoms with Crippen LogP contribution in [0.2, 0.25) is 0 Å². The summed E-state index contributed by atoms with van der Waals surface area (Å²) in [7, 11) is 0. The number of nitrogens with two attached hydrogens (primary N) is 1. The second kappa shape index (κ2) is 5.56. The van der Waals surface area contributed by atoms with Gasteiger partial charge in [0, 0.05) is 11.1 Å². The predicted molar refractivity (Wildman–Crippen MR) is 95.1 cm³/mol. The Kier molecular flexibility index (Phi) is 3.44. The minimum Gasteiger partial charge on any atom is -0.478 e. The van der Waals surface area contributed by atoms with Crippen LogP contribution in [0.25, 0.3) is 22.3 Å². The van der Waals surface area contributed by atoms with Gasteiger partial charge in [-0.1, -0.05) is 11.2 Å². The molecular weight excluding hydrogens is 332 g/mol. The van der Waals surface area contributed by atoms with E-state index >= 15 is 0 Å². The summed E-state index contributed by atoms with van der Waals surface area (Å²) in [5.41, 5.74) is 12.2. The predicted octanol–water partition coefficient (Wildman–Crippen LogP) is 3.33. The molecule has 0 unspecified atom stereocenters. The molecule has 0 atom stereocenters. The maximum atomic E-state index is 12.1. The van der Waals surface area contributed by atoms with Crippen molar-refractivity contribution < 1.29 is 19.2 Å². The van der Waals surface area contributed by atoms with Crippen LogP contribution in [0.1, 0.15) is 43.3 Å². The summed E-state index contributed by atoms with van der Waals surface area (Å²) in [5, 5.41) is 13.2. The van der Waals surface area contributed by atoms with Crippen molar-refractivity contribution in [3.8, 4) is 22.3 Å². The molecule has 130 valence electrons. The number of carbonyl (C=O) groups is 2. The molecule has 6 heteroatoms. The number of carbonyl (C=O) groups excluding carboxylic acids is 1. The molecule has 3 aromatic rings. The van der Waals surface area contributed by atoms with E-state index in [4.69, 9.17) is 10.3 Å². The highest BCUT2D eigenvalue weighted by atomic mass is 16.5. The fourth-order valence-electron chi connectivity index (χ4n) is 3.69. The van der Waals surface area contributed by atoms with Crippen molar-refractivity contribution in [2.24, 2.45) is 5.73 Å². The highest BCUT2D eigenvalue weighted by Crippen LogP contribution is 2.42. The van der Waals surface area contributed by atoms with Crippen molar-refractivity contribution in [1.29, 1.82) is 0 Å². The van der Waals surface area contributed by atoms with E-state index < -0.39 is 11.9 Å². The summed E-state index contributed by atoms with van der Waals surface area (Å²) in [5.74, 6) is -0.825. The van der Waals surface area contributed by atoms with Crippen molar-refractivity contribution >= 4 is 11.9 Å². The second-order valence-corrected chi connectivity index (χ2v) is 6.47. The van der Waals surface area contributed by atoms with Gasteiger partial charge in [0.1, 0.15) is 5.76 Å². The first kappa shape index (κ1) is 16.1. The number of carboxylic acids is 1. The van der Waals surface area contributed by atoms with Crippen molar-refractivity contribution in [3.63, 3.8) is 0 Å². The van der Waals surface area contributed by atoms with Crippen molar-refractivity contribution in [1.82, 2.24) is 5.16 Å². The van der Waals surface area contributed by atoms with E-state index in [9.17, 15) is 14.7 Å². The second-order valence-electron chi connectivity index (χ2n) is 6.47. The molecule has 3 N–H and O–H groups in total. The lowest BCUT2D eigenvalue weighted by molar-refractivity contribution is 0.0696. The first-order valence-corrected chi connectivity index (χ1v) is 8.13. The fourth-order valence-corrected chi connectivity index (χ4v) is 3.69. The smallest absolute Gasteiger partial charge is 0.335 e. The van der Waals surface area contributed by atoms with Gasteiger partial charge in [-0.2, -0.15) is 0 Å². The molecular formula is C20H16N2O4. The standard InChI is InChI=1S/C20H16N2O4/c1-9-18(10(2)26-22-9)13-7-15-14-4-3-11(20(24)25)5-12(14)6-16(15)17(8-13)19(21)23/h3-5,7-8H,6H2,1-2H3,(H2,21,23)(H,24,25). The van der Waals surface area contributed by atoms with Crippen LogP contribution in [-0.4, -0.2) is 22.1 Å². The van der Waals surface area contributed by atoms with Gasteiger partial charge in [0.25, 0.3) is 0 Å². The maximum absolute atomic E-state index is 12.1. The summed E-state index contributed by atoms with van der Waals surface area (Å²) >= 11 is 0. The minimum atomic E-state index is -0.977. The quantitative estimate of drug-likeness (QED) is 0.590. The Morgan fingerprint density at radius 2 is 1.92 bits per heavy atom. The molecule has 4 rings (SSSR count). The summed E-state index contributed by atoms with van der Waals surface area (Å²) in [6, 6.07) is 8.76. The number of rotatable bonds is 3. The number of nitrogens with zero attached hydrogens (tertiary/aromatic N) is 1. The lowest BCUT2D eigenvalue weighted by Gasteiger charge is -2.10. The number of carboxylic acid groups (broad SMARTS) is 1. The van der Waals surface area contributed by atoms with Gasteiger partial charge >= 0.3 is 5.97 Å². The van der Waals surface area contributed by atoms with Crippen molar-refractivity contribution in [2.75, 3.05) is 0 Å². The zero-order chi connectivity index (χ0) is 18.6. The van der Waals surface area contributed by atoms with Gasteiger partial charge in [-0.05, 0) is 72.4 Å². The van der Waals surface area contributed by atoms with Crippen LogP contribution in [0.15, 0.2) is 34.9 Å². The summed E-state index contributed by atoms with van der Waals surface area (Å²) < 4.78 is 5.25. The lowest BCUT2D eigenvalue weighted by atomic mass is 9.93. The number of fused-ring (bicyclic) bond motifs is 3. The van der Waals surface area contributed by atoms with E-state index in [1.807, 2.05) is 19.9 Å². The average molecular weight is 348 g/mol. The number of amides is 1. The Bertz CT molecular complexity index is 1080. The molecule has 0 radical (unpaired) electrons. The molecule has 1 heterocycles. The molecule has 0 fully saturated rings. The Morgan fingerprint density at radius 1 is 1.15 bits per heavy atom. The molecule has 1 aliphatic carbocycles. The number of aromatic carboxylic acids is 1. The SMILES string of the molecule is Cc1noc(C)c1-c1cc(C(N)=O)c2c(c1)-c1ccc(C(=O)O)cc1C2. The van der Waals surface area contributed by atoms with Gasteiger partial charge in [0.05, 0.1) is 11.3 Å². The summed E-state index contributed by atoms with van der Waals surface area (Å²) in [4.78, 5) is 23.3. The zero-order valence-electron chi connectivity index (χ0n) is 14.3. The topological polar surface area (TPSA) is 106 Å².